The van der Waals surface area contributed by atoms with Crippen LogP contribution in [0.15, 0.2) is 34.1 Å². The highest BCUT2D eigenvalue weighted by Gasteiger charge is 2.23. The van der Waals surface area contributed by atoms with Gasteiger partial charge in [0.2, 0.25) is 0 Å². The molecular formula is C18H21N5O2. The van der Waals surface area contributed by atoms with E-state index >= 15 is 0 Å². The Labute approximate surface area is 145 Å². The standard InChI is InChI=1S/C18H21N5O2/c1-12-13(2)19-11-23(18(12)24)10-14-3-6-22(7-4-14)17-16-15(5-8-25-16)9-20-21-17/h5,8-9,11,14H,3-4,6-7,10H2,1-2H3. The molecule has 0 radical (unpaired) electrons. The second-order valence-corrected chi connectivity index (χ2v) is 6.72. The molecule has 0 bridgehead atoms. The minimum Gasteiger partial charge on any atom is -0.460 e. The third-order valence-corrected chi connectivity index (χ3v) is 5.13. The summed E-state index contributed by atoms with van der Waals surface area (Å²) in [6, 6.07) is 1.90. The van der Waals surface area contributed by atoms with Gasteiger partial charge in [0, 0.05) is 36.3 Å². The molecule has 7 nitrogen and oxygen atoms in total. The molecule has 3 aromatic rings. The molecule has 0 saturated carbocycles. The number of aryl methyl sites for hydroxylation is 1. The highest BCUT2D eigenvalue weighted by molar-refractivity contribution is 5.86. The van der Waals surface area contributed by atoms with Crippen LogP contribution in [-0.4, -0.2) is 32.8 Å². The molecule has 0 aliphatic carbocycles. The van der Waals surface area contributed by atoms with E-state index in [4.69, 9.17) is 4.42 Å². The van der Waals surface area contributed by atoms with Crippen molar-refractivity contribution in [2.24, 2.45) is 5.92 Å². The van der Waals surface area contributed by atoms with Gasteiger partial charge in [0.25, 0.3) is 5.56 Å². The van der Waals surface area contributed by atoms with E-state index in [1.165, 1.54) is 0 Å². The Kier molecular flexibility index (Phi) is 3.99. The van der Waals surface area contributed by atoms with Crippen molar-refractivity contribution >= 4 is 16.8 Å². The van der Waals surface area contributed by atoms with E-state index in [-0.39, 0.29) is 5.56 Å². The SMILES string of the molecule is Cc1ncn(CC2CCN(c3nncc4ccoc34)CC2)c(=O)c1C. The summed E-state index contributed by atoms with van der Waals surface area (Å²) in [5, 5.41) is 9.31. The molecule has 4 rings (SSSR count). The second kappa shape index (κ2) is 6.31. The largest absolute Gasteiger partial charge is 0.460 e. The monoisotopic (exact) mass is 339 g/mol. The van der Waals surface area contributed by atoms with E-state index in [1.54, 1.807) is 23.4 Å². The summed E-state index contributed by atoms with van der Waals surface area (Å²) in [5.41, 5.74) is 2.41. The van der Waals surface area contributed by atoms with Crippen LogP contribution in [0.25, 0.3) is 11.0 Å². The lowest BCUT2D eigenvalue weighted by Crippen LogP contribution is -2.37. The van der Waals surface area contributed by atoms with Gasteiger partial charge in [0.05, 0.1) is 18.8 Å². The van der Waals surface area contributed by atoms with Crippen molar-refractivity contribution in [2.45, 2.75) is 33.2 Å². The molecule has 0 amide bonds. The van der Waals surface area contributed by atoms with Gasteiger partial charge in [-0.2, -0.15) is 5.10 Å². The van der Waals surface area contributed by atoms with Crippen LogP contribution in [0.3, 0.4) is 0 Å². The molecule has 3 aromatic heterocycles. The van der Waals surface area contributed by atoms with Crippen molar-refractivity contribution in [2.75, 3.05) is 18.0 Å². The topological polar surface area (TPSA) is 77.1 Å². The quantitative estimate of drug-likeness (QED) is 0.729. The molecule has 4 heterocycles. The zero-order chi connectivity index (χ0) is 17.4. The average Bonchev–Trinajstić information content (AvgIpc) is 3.12. The Hall–Kier alpha value is -2.70. The third-order valence-electron chi connectivity index (χ3n) is 5.13. The van der Waals surface area contributed by atoms with Gasteiger partial charge in [-0.25, -0.2) is 4.98 Å². The lowest BCUT2D eigenvalue weighted by Gasteiger charge is -2.32. The summed E-state index contributed by atoms with van der Waals surface area (Å²) < 4.78 is 7.31. The highest BCUT2D eigenvalue weighted by Crippen LogP contribution is 2.28. The lowest BCUT2D eigenvalue weighted by molar-refractivity contribution is 0.349. The van der Waals surface area contributed by atoms with Crippen molar-refractivity contribution in [3.8, 4) is 0 Å². The van der Waals surface area contributed by atoms with Crippen LogP contribution in [0.1, 0.15) is 24.1 Å². The van der Waals surface area contributed by atoms with Gasteiger partial charge in [0.15, 0.2) is 11.4 Å². The molecule has 0 atom stereocenters. The number of hydrogen-bond acceptors (Lipinski definition) is 6. The van der Waals surface area contributed by atoms with E-state index in [0.717, 1.165) is 60.5 Å². The Morgan fingerprint density at radius 3 is 2.88 bits per heavy atom. The van der Waals surface area contributed by atoms with Gasteiger partial charge in [-0.1, -0.05) is 0 Å². The van der Waals surface area contributed by atoms with E-state index in [9.17, 15) is 4.79 Å². The van der Waals surface area contributed by atoms with Gasteiger partial charge < -0.3 is 9.32 Å². The zero-order valence-electron chi connectivity index (χ0n) is 14.5. The molecule has 1 fully saturated rings. The van der Waals surface area contributed by atoms with Crippen LogP contribution in [0.4, 0.5) is 5.82 Å². The molecule has 130 valence electrons. The minimum atomic E-state index is 0.0705. The number of rotatable bonds is 3. The van der Waals surface area contributed by atoms with E-state index in [0.29, 0.717) is 5.92 Å². The highest BCUT2D eigenvalue weighted by atomic mass is 16.3. The van der Waals surface area contributed by atoms with Crippen LogP contribution in [0, 0.1) is 19.8 Å². The maximum atomic E-state index is 12.3. The summed E-state index contributed by atoms with van der Waals surface area (Å²) in [5.74, 6) is 1.27. The Balaban J connectivity index is 1.46. The number of fused-ring (bicyclic) bond motifs is 1. The van der Waals surface area contributed by atoms with Crippen LogP contribution < -0.4 is 10.5 Å². The van der Waals surface area contributed by atoms with Gasteiger partial charge >= 0.3 is 0 Å². The second-order valence-electron chi connectivity index (χ2n) is 6.72. The summed E-state index contributed by atoms with van der Waals surface area (Å²) >= 11 is 0. The predicted molar refractivity (Wildman–Crippen MR) is 94.7 cm³/mol. The first-order valence-corrected chi connectivity index (χ1v) is 8.60. The molecule has 25 heavy (non-hydrogen) atoms. The Bertz CT molecular complexity index is 953. The Morgan fingerprint density at radius 2 is 2.08 bits per heavy atom. The van der Waals surface area contributed by atoms with Crippen molar-refractivity contribution in [3.05, 3.63) is 46.5 Å². The fourth-order valence-electron chi connectivity index (χ4n) is 3.41. The van der Waals surface area contributed by atoms with Crippen LogP contribution in [0.5, 0.6) is 0 Å². The first kappa shape index (κ1) is 15.8. The first-order valence-electron chi connectivity index (χ1n) is 8.60. The molecule has 0 spiro atoms. The number of hydrogen-bond donors (Lipinski definition) is 0. The fourth-order valence-corrected chi connectivity index (χ4v) is 3.41. The van der Waals surface area contributed by atoms with Gasteiger partial charge in [0.1, 0.15) is 0 Å². The smallest absolute Gasteiger partial charge is 0.256 e. The predicted octanol–water partition coefficient (Wildman–Crippen LogP) is 2.31. The molecule has 7 heteroatoms. The number of furan rings is 1. The normalized spacial score (nSPS) is 15.8. The van der Waals surface area contributed by atoms with Crippen molar-refractivity contribution in [3.63, 3.8) is 0 Å². The molecular weight excluding hydrogens is 318 g/mol. The molecule has 0 N–H and O–H groups in total. The number of aromatic nitrogens is 4. The van der Waals surface area contributed by atoms with E-state index in [2.05, 4.69) is 20.1 Å². The average molecular weight is 339 g/mol. The molecule has 0 unspecified atom stereocenters. The van der Waals surface area contributed by atoms with Crippen molar-refractivity contribution < 1.29 is 4.42 Å². The summed E-state index contributed by atoms with van der Waals surface area (Å²) in [4.78, 5) is 18.9. The molecule has 0 aromatic carbocycles. The minimum absolute atomic E-state index is 0.0705. The number of anilines is 1. The zero-order valence-corrected chi connectivity index (χ0v) is 14.5. The first-order chi connectivity index (χ1) is 12.1. The maximum absolute atomic E-state index is 12.3. The molecule has 1 saturated heterocycles. The summed E-state index contributed by atoms with van der Waals surface area (Å²) in [7, 11) is 0. The van der Waals surface area contributed by atoms with E-state index < -0.39 is 0 Å². The van der Waals surface area contributed by atoms with Gasteiger partial charge in [-0.15, -0.1) is 5.10 Å². The molecule has 1 aliphatic rings. The summed E-state index contributed by atoms with van der Waals surface area (Å²) in [6.45, 7) is 6.19. The van der Waals surface area contributed by atoms with Crippen molar-refractivity contribution in [1.29, 1.82) is 0 Å². The maximum Gasteiger partial charge on any atom is 0.256 e. The summed E-state index contributed by atoms with van der Waals surface area (Å²) in [6.07, 6.45) is 7.06. The van der Waals surface area contributed by atoms with Gasteiger partial charge in [-0.3, -0.25) is 9.36 Å². The van der Waals surface area contributed by atoms with Crippen LogP contribution in [0.2, 0.25) is 0 Å². The Morgan fingerprint density at radius 1 is 1.28 bits per heavy atom. The number of piperidine rings is 1. The van der Waals surface area contributed by atoms with Crippen molar-refractivity contribution in [1.82, 2.24) is 19.7 Å². The van der Waals surface area contributed by atoms with E-state index in [1.807, 2.05) is 19.9 Å². The van der Waals surface area contributed by atoms with Gasteiger partial charge in [-0.05, 0) is 38.7 Å². The lowest BCUT2D eigenvalue weighted by atomic mass is 9.96. The van der Waals surface area contributed by atoms with Crippen LogP contribution >= 0.6 is 0 Å². The van der Waals surface area contributed by atoms with Crippen LogP contribution in [-0.2, 0) is 6.54 Å². The third kappa shape index (κ3) is 2.90. The fraction of sp³-hybridized carbons (Fsp3) is 0.444. The number of nitrogens with zero attached hydrogens (tertiary/aromatic N) is 5. The molecule has 1 aliphatic heterocycles.